The Morgan fingerprint density at radius 1 is 1.24 bits per heavy atom. The second-order valence-corrected chi connectivity index (χ2v) is 7.14. The predicted octanol–water partition coefficient (Wildman–Crippen LogP) is 2.46. The molecule has 21 heavy (non-hydrogen) atoms. The molecule has 1 saturated carbocycles. The van der Waals surface area contributed by atoms with Crippen LogP contribution in [-0.4, -0.2) is 51.1 Å². The Hall–Kier alpha value is -0.770. The molecule has 1 heterocycles. The molecule has 0 spiro atoms. The highest BCUT2D eigenvalue weighted by atomic mass is 15.2. The molecule has 4 heteroatoms. The van der Waals surface area contributed by atoms with Gasteiger partial charge >= 0.3 is 0 Å². The summed E-state index contributed by atoms with van der Waals surface area (Å²) in [5.74, 6) is 1.75. The minimum absolute atomic E-state index is 0.517. The molecular formula is C17H34N4. The standard InChI is InChI=1S/C17H34N4/c1-4-17(9-5-6-10-17)14-20-16(18-2)19-12-15-8-7-11-21(3)13-15/h15H,4-14H2,1-3H3,(H2,18,19,20). The average molecular weight is 294 g/mol. The number of rotatable bonds is 5. The van der Waals surface area contributed by atoms with Gasteiger partial charge in [0.25, 0.3) is 0 Å². The third-order valence-electron chi connectivity index (χ3n) is 5.55. The number of nitrogens with zero attached hydrogens (tertiary/aromatic N) is 2. The van der Waals surface area contributed by atoms with E-state index in [0.29, 0.717) is 5.41 Å². The molecule has 1 aliphatic carbocycles. The minimum atomic E-state index is 0.517. The second-order valence-electron chi connectivity index (χ2n) is 7.14. The van der Waals surface area contributed by atoms with Crippen LogP contribution in [0, 0.1) is 11.3 Å². The van der Waals surface area contributed by atoms with Crippen LogP contribution in [0.4, 0.5) is 0 Å². The van der Waals surface area contributed by atoms with Gasteiger partial charge in [0.2, 0.25) is 0 Å². The number of aliphatic imine (C=N–C) groups is 1. The first-order chi connectivity index (χ1) is 10.2. The topological polar surface area (TPSA) is 39.7 Å². The first-order valence-corrected chi connectivity index (χ1v) is 8.80. The molecule has 0 aromatic carbocycles. The summed E-state index contributed by atoms with van der Waals surface area (Å²) in [6.45, 7) is 6.92. The van der Waals surface area contributed by atoms with Crippen molar-refractivity contribution in [3.8, 4) is 0 Å². The van der Waals surface area contributed by atoms with Crippen LogP contribution in [0.2, 0.25) is 0 Å². The average Bonchev–Trinajstić information content (AvgIpc) is 2.97. The van der Waals surface area contributed by atoms with Crippen LogP contribution >= 0.6 is 0 Å². The van der Waals surface area contributed by atoms with Gasteiger partial charge in [-0.05, 0) is 57.0 Å². The second kappa shape index (κ2) is 8.02. The summed E-state index contributed by atoms with van der Waals surface area (Å²) in [6.07, 6.45) is 9.50. The number of hydrogen-bond donors (Lipinski definition) is 2. The Morgan fingerprint density at radius 3 is 2.62 bits per heavy atom. The van der Waals surface area contributed by atoms with Crippen molar-refractivity contribution in [2.24, 2.45) is 16.3 Å². The molecule has 4 nitrogen and oxygen atoms in total. The predicted molar refractivity (Wildman–Crippen MR) is 90.8 cm³/mol. The highest BCUT2D eigenvalue weighted by Crippen LogP contribution is 2.40. The Kier molecular flexibility index (Phi) is 6.34. The van der Waals surface area contributed by atoms with Crippen molar-refractivity contribution in [2.45, 2.75) is 51.9 Å². The molecule has 1 saturated heterocycles. The van der Waals surface area contributed by atoms with Gasteiger partial charge < -0.3 is 15.5 Å². The zero-order chi connectivity index (χ0) is 15.1. The van der Waals surface area contributed by atoms with Gasteiger partial charge in [-0.1, -0.05) is 19.8 Å². The summed E-state index contributed by atoms with van der Waals surface area (Å²) in [5.41, 5.74) is 0.517. The number of piperidine rings is 1. The van der Waals surface area contributed by atoms with E-state index in [2.05, 4.69) is 34.5 Å². The maximum atomic E-state index is 4.40. The molecule has 2 N–H and O–H groups in total. The highest BCUT2D eigenvalue weighted by molar-refractivity contribution is 5.79. The largest absolute Gasteiger partial charge is 0.356 e. The number of likely N-dealkylation sites (tertiary alicyclic amines) is 1. The van der Waals surface area contributed by atoms with Crippen LogP contribution in [0.3, 0.4) is 0 Å². The molecule has 0 radical (unpaired) electrons. The first-order valence-electron chi connectivity index (χ1n) is 8.80. The number of hydrogen-bond acceptors (Lipinski definition) is 2. The lowest BCUT2D eigenvalue weighted by atomic mass is 9.83. The van der Waals surface area contributed by atoms with Crippen molar-refractivity contribution in [1.82, 2.24) is 15.5 Å². The van der Waals surface area contributed by atoms with Crippen molar-refractivity contribution >= 4 is 5.96 Å². The lowest BCUT2D eigenvalue weighted by Crippen LogP contribution is -2.46. The van der Waals surface area contributed by atoms with Crippen LogP contribution in [0.25, 0.3) is 0 Å². The van der Waals surface area contributed by atoms with Crippen molar-refractivity contribution in [3.05, 3.63) is 0 Å². The van der Waals surface area contributed by atoms with Gasteiger partial charge in [0.05, 0.1) is 0 Å². The Bertz CT molecular complexity index is 334. The Morgan fingerprint density at radius 2 is 2.00 bits per heavy atom. The SMILES string of the molecule is CCC1(CNC(=NC)NCC2CCCN(C)C2)CCCC1. The summed E-state index contributed by atoms with van der Waals surface area (Å²) in [5, 5.41) is 7.12. The van der Waals surface area contributed by atoms with E-state index >= 15 is 0 Å². The van der Waals surface area contributed by atoms with E-state index < -0.39 is 0 Å². The fraction of sp³-hybridized carbons (Fsp3) is 0.941. The van der Waals surface area contributed by atoms with Crippen molar-refractivity contribution < 1.29 is 0 Å². The molecule has 2 rings (SSSR count). The van der Waals surface area contributed by atoms with Gasteiger partial charge in [-0.15, -0.1) is 0 Å². The quantitative estimate of drug-likeness (QED) is 0.604. The van der Waals surface area contributed by atoms with Crippen molar-refractivity contribution in [1.29, 1.82) is 0 Å². The maximum absolute atomic E-state index is 4.40. The van der Waals surface area contributed by atoms with E-state index in [1.807, 2.05) is 7.05 Å². The molecule has 0 amide bonds. The fourth-order valence-corrected chi connectivity index (χ4v) is 3.95. The molecule has 2 aliphatic rings. The summed E-state index contributed by atoms with van der Waals surface area (Å²) in [4.78, 5) is 6.84. The van der Waals surface area contributed by atoms with Gasteiger partial charge in [0.1, 0.15) is 0 Å². The van der Waals surface area contributed by atoms with E-state index in [9.17, 15) is 0 Å². The normalized spacial score (nSPS) is 26.8. The summed E-state index contributed by atoms with van der Waals surface area (Å²) < 4.78 is 0. The molecule has 1 unspecified atom stereocenters. The van der Waals surface area contributed by atoms with E-state index in [-0.39, 0.29) is 0 Å². The molecular weight excluding hydrogens is 260 g/mol. The summed E-state index contributed by atoms with van der Waals surface area (Å²) >= 11 is 0. The van der Waals surface area contributed by atoms with E-state index in [4.69, 9.17) is 0 Å². The third kappa shape index (κ3) is 4.87. The third-order valence-corrected chi connectivity index (χ3v) is 5.55. The number of guanidine groups is 1. The van der Waals surface area contributed by atoms with Crippen LogP contribution in [0.15, 0.2) is 4.99 Å². The van der Waals surface area contributed by atoms with Gasteiger partial charge in [-0.2, -0.15) is 0 Å². The van der Waals surface area contributed by atoms with Gasteiger partial charge in [0, 0.05) is 26.7 Å². The lowest BCUT2D eigenvalue weighted by molar-refractivity contribution is 0.210. The molecule has 0 aromatic heterocycles. The molecule has 2 fully saturated rings. The fourth-order valence-electron chi connectivity index (χ4n) is 3.95. The number of nitrogens with one attached hydrogen (secondary N) is 2. The van der Waals surface area contributed by atoms with E-state index in [1.165, 1.54) is 58.0 Å². The van der Waals surface area contributed by atoms with Gasteiger partial charge in [-0.25, -0.2) is 0 Å². The van der Waals surface area contributed by atoms with Crippen LogP contribution in [-0.2, 0) is 0 Å². The minimum Gasteiger partial charge on any atom is -0.356 e. The Balaban J connectivity index is 1.73. The van der Waals surface area contributed by atoms with E-state index in [0.717, 1.165) is 25.0 Å². The van der Waals surface area contributed by atoms with Crippen molar-refractivity contribution in [3.63, 3.8) is 0 Å². The highest BCUT2D eigenvalue weighted by Gasteiger charge is 2.31. The van der Waals surface area contributed by atoms with Gasteiger partial charge in [0.15, 0.2) is 5.96 Å². The summed E-state index contributed by atoms with van der Waals surface area (Å²) in [6, 6.07) is 0. The first kappa shape index (κ1) is 16.6. The summed E-state index contributed by atoms with van der Waals surface area (Å²) in [7, 11) is 4.11. The van der Waals surface area contributed by atoms with Gasteiger partial charge in [-0.3, -0.25) is 4.99 Å². The van der Waals surface area contributed by atoms with Crippen LogP contribution in [0.1, 0.15) is 51.9 Å². The monoisotopic (exact) mass is 294 g/mol. The molecule has 1 aliphatic heterocycles. The van der Waals surface area contributed by atoms with Crippen molar-refractivity contribution in [2.75, 3.05) is 40.3 Å². The maximum Gasteiger partial charge on any atom is 0.191 e. The zero-order valence-electron chi connectivity index (χ0n) is 14.2. The lowest BCUT2D eigenvalue weighted by Gasteiger charge is -2.31. The van der Waals surface area contributed by atoms with Crippen LogP contribution in [0.5, 0.6) is 0 Å². The smallest absolute Gasteiger partial charge is 0.191 e. The zero-order valence-corrected chi connectivity index (χ0v) is 14.2. The Labute approximate surface area is 130 Å². The molecule has 0 aromatic rings. The van der Waals surface area contributed by atoms with Crippen LogP contribution < -0.4 is 10.6 Å². The van der Waals surface area contributed by atoms with E-state index in [1.54, 1.807) is 0 Å². The molecule has 0 bridgehead atoms. The molecule has 1 atom stereocenters. The molecule has 122 valence electrons.